The molecular weight excluding hydrogens is 410 g/mol. The van der Waals surface area contributed by atoms with Crippen LogP contribution in [0.15, 0.2) is 36.4 Å². The number of halogens is 1. The number of carbonyl (C=O) groups excluding carboxylic acids is 1. The molecule has 0 spiro atoms. The summed E-state index contributed by atoms with van der Waals surface area (Å²) in [5.74, 6) is 0.469. The van der Waals surface area contributed by atoms with Crippen LogP contribution in [0.3, 0.4) is 0 Å². The maximum absolute atomic E-state index is 12.5. The molecular formula is C20H22ClN5O4. The normalized spacial score (nSPS) is 18.6. The minimum Gasteiger partial charge on any atom is -0.465 e. The number of carbonyl (C=O) groups is 2. The number of carboxylic acid groups (broad SMARTS) is 1. The van der Waals surface area contributed by atoms with Crippen LogP contribution in [0.4, 0.5) is 16.3 Å². The smallest absolute Gasteiger partial charge is 0.407 e. The first kappa shape index (κ1) is 20.4. The number of amides is 2. The molecule has 9 nitrogen and oxygen atoms in total. The van der Waals surface area contributed by atoms with Crippen LogP contribution in [-0.2, 0) is 10.4 Å². The van der Waals surface area contributed by atoms with Gasteiger partial charge in [-0.05, 0) is 42.7 Å². The van der Waals surface area contributed by atoms with Gasteiger partial charge in [-0.3, -0.25) is 4.79 Å². The molecule has 0 bridgehead atoms. The SMILES string of the molecule is O=C(Nc1ccc(C2(O)CCN(C(=O)O)CC2)cc1)C1CN(c2ccc(Cl)nn2)C1. The van der Waals surface area contributed by atoms with Crippen LogP contribution in [0.5, 0.6) is 0 Å². The molecule has 30 heavy (non-hydrogen) atoms. The number of rotatable bonds is 4. The molecule has 0 atom stereocenters. The van der Waals surface area contributed by atoms with E-state index in [2.05, 4.69) is 15.5 Å². The lowest BCUT2D eigenvalue weighted by molar-refractivity contribution is -0.120. The largest absolute Gasteiger partial charge is 0.465 e. The van der Waals surface area contributed by atoms with Gasteiger partial charge < -0.3 is 25.3 Å². The Bertz CT molecular complexity index is 923. The van der Waals surface area contributed by atoms with E-state index in [4.69, 9.17) is 16.7 Å². The zero-order valence-electron chi connectivity index (χ0n) is 16.2. The Morgan fingerprint density at radius 3 is 2.30 bits per heavy atom. The number of likely N-dealkylation sites (tertiary alicyclic amines) is 1. The first-order valence-electron chi connectivity index (χ1n) is 9.70. The zero-order valence-corrected chi connectivity index (χ0v) is 16.9. The van der Waals surface area contributed by atoms with Crippen LogP contribution in [0, 0.1) is 5.92 Å². The zero-order chi connectivity index (χ0) is 21.3. The van der Waals surface area contributed by atoms with E-state index in [-0.39, 0.29) is 11.8 Å². The fraction of sp³-hybridized carbons (Fsp3) is 0.400. The summed E-state index contributed by atoms with van der Waals surface area (Å²) in [7, 11) is 0. The van der Waals surface area contributed by atoms with E-state index in [9.17, 15) is 14.7 Å². The van der Waals surface area contributed by atoms with Gasteiger partial charge in [-0.1, -0.05) is 23.7 Å². The minimum atomic E-state index is -1.05. The van der Waals surface area contributed by atoms with Crippen LogP contribution in [0.1, 0.15) is 18.4 Å². The van der Waals surface area contributed by atoms with Gasteiger partial charge in [0.15, 0.2) is 11.0 Å². The first-order valence-corrected chi connectivity index (χ1v) is 10.1. The van der Waals surface area contributed by atoms with Crippen molar-refractivity contribution in [3.63, 3.8) is 0 Å². The third-order valence-corrected chi connectivity index (χ3v) is 5.95. The second kappa shape index (κ2) is 8.08. The van der Waals surface area contributed by atoms with Crippen molar-refractivity contribution in [3.8, 4) is 0 Å². The third-order valence-electron chi connectivity index (χ3n) is 5.75. The average molecular weight is 432 g/mol. The Balaban J connectivity index is 1.30. The fourth-order valence-corrected chi connectivity index (χ4v) is 3.87. The Labute approximate surface area is 178 Å². The summed E-state index contributed by atoms with van der Waals surface area (Å²) in [5, 5.41) is 31.0. The summed E-state index contributed by atoms with van der Waals surface area (Å²) in [6.07, 6.45) is -0.278. The van der Waals surface area contributed by atoms with Gasteiger partial charge in [0.25, 0.3) is 0 Å². The van der Waals surface area contributed by atoms with Gasteiger partial charge in [0.2, 0.25) is 5.91 Å². The number of piperidine rings is 1. The number of anilines is 2. The van der Waals surface area contributed by atoms with Gasteiger partial charge in [-0.25, -0.2) is 4.79 Å². The molecule has 0 unspecified atom stereocenters. The van der Waals surface area contributed by atoms with Crippen LogP contribution in [0.25, 0.3) is 0 Å². The van der Waals surface area contributed by atoms with Gasteiger partial charge >= 0.3 is 6.09 Å². The molecule has 2 aromatic rings. The highest BCUT2D eigenvalue weighted by molar-refractivity contribution is 6.29. The summed E-state index contributed by atoms with van der Waals surface area (Å²) in [6.45, 7) is 1.70. The molecule has 158 valence electrons. The van der Waals surface area contributed by atoms with Gasteiger partial charge in [-0.2, -0.15) is 0 Å². The number of nitrogens with zero attached hydrogens (tertiary/aromatic N) is 4. The van der Waals surface area contributed by atoms with E-state index in [1.165, 1.54) is 4.90 Å². The molecule has 1 aromatic heterocycles. The molecule has 2 aliphatic rings. The van der Waals surface area contributed by atoms with E-state index in [1.807, 2.05) is 4.90 Å². The van der Waals surface area contributed by atoms with Crippen LogP contribution < -0.4 is 10.2 Å². The molecule has 0 saturated carbocycles. The van der Waals surface area contributed by atoms with Crippen molar-refractivity contribution in [3.05, 3.63) is 47.1 Å². The minimum absolute atomic E-state index is 0.0746. The van der Waals surface area contributed by atoms with Crippen molar-refractivity contribution in [1.82, 2.24) is 15.1 Å². The number of aromatic nitrogens is 2. The molecule has 1 aromatic carbocycles. The lowest BCUT2D eigenvalue weighted by atomic mass is 9.84. The maximum Gasteiger partial charge on any atom is 0.407 e. The van der Waals surface area contributed by atoms with Crippen molar-refractivity contribution in [2.24, 2.45) is 5.92 Å². The molecule has 3 N–H and O–H groups in total. The number of benzene rings is 1. The molecule has 3 heterocycles. The highest BCUT2D eigenvalue weighted by Gasteiger charge is 2.36. The quantitative estimate of drug-likeness (QED) is 0.678. The number of aliphatic hydroxyl groups is 1. The molecule has 2 amide bonds. The van der Waals surface area contributed by atoms with Crippen molar-refractivity contribution >= 4 is 35.1 Å². The summed E-state index contributed by atoms with van der Waals surface area (Å²) in [6, 6.07) is 10.5. The number of hydrogen-bond donors (Lipinski definition) is 3. The van der Waals surface area contributed by atoms with Crippen molar-refractivity contribution in [2.45, 2.75) is 18.4 Å². The van der Waals surface area contributed by atoms with Gasteiger partial charge in [0, 0.05) is 31.9 Å². The Morgan fingerprint density at radius 1 is 1.07 bits per heavy atom. The van der Waals surface area contributed by atoms with E-state index < -0.39 is 11.7 Å². The third kappa shape index (κ3) is 4.17. The highest BCUT2D eigenvalue weighted by Crippen LogP contribution is 2.33. The lowest BCUT2D eigenvalue weighted by Crippen LogP contribution is -2.52. The standard InChI is InChI=1S/C20H22ClN5O4/c21-16-5-6-17(24-23-16)26-11-13(12-26)18(27)22-15-3-1-14(2-4-15)20(30)7-9-25(10-8-20)19(28)29/h1-6,13,30H,7-12H2,(H,22,27)(H,28,29). The summed E-state index contributed by atoms with van der Waals surface area (Å²) >= 11 is 5.74. The second-order valence-corrected chi connectivity index (χ2v) is 8.07. The summed E-state index contributed by atoms with van der Waals surface area (Å²) < 4.78 is 0. The number of hydrogen-bond acceptors (Lipinski definition) is 6. The van der Waals surface area contributed by atoms with Crippen LogP contribution in [-0.4, -0.2) is 63.5 Å². The van der Waals surface area contributed by atoms with Crippen molar-refractivity contribution < 1.29 is 19.8 Å². The summed E-state index contributed by atoms with van der Waals surface area (Å²) in [4.78, 5) is 26.8. The number of nitrogens with one attached hydrogen (secondary N) is 1. The monoisotopic (exact) mass is 431 g/mol. The highest BCUT2D eigenvalue weighted by atomic mass is 35.5. The Morgan fingerprint density at radius 2 is 1.73 bits per heavy atom. The van der Waals surface area contributed by atoms with Crippen molar-refractivity contribution in [1.29, 1.82) is 0 Å². The van der Waals surface area contributed by atoms with Crippen LogP contribution in [0.2, 0.25) is 5.15 Å². The lowest BCUT2D eigenvalue weighted by Gasteiger charge is -2.38. The fourth-order valence-electron chi connectivity index (χ4n) is 3.77. The molecule has 2 aliphatic heterocycles. The topological polar surface area (TPSA) is 119 Å². The van der Waals surface area contributed by atoms with Crippen LogP contribution >= 0.6 is 11.6 Å². The van der Waals surface area contributed by atoms with Gasteiger partial charge in [0.1, 0.15) is 0 Å². The van der Waals surface area contributed by atoms with Gasteiger partial charge in [-0.15, -0.1) is 10.2 Å². The summed E-state index contributed by atoms with van der Waals surface area (Å²) in [5.41, 5.74) is 0.324. The molecule has 0 aliphatic carbocycles. The van der Waals surface area contributed by atoms with Gasteiger partial charge in [0.05, 0.1) is 11.5 Å². The molecule has 2 saturated heterocycles. The second-order valence-electron chi connectivity index (χ2n) is 7.68. The van der Waals surface area contributed by atoms with E-state index in [1.54, 1.807) is 36.4 Å². The van der Waals surface area contributed by atoms with E-state index in [0.29, 0.717) is 55.7 Å². The molecule has 0 radical (unpaired) electrons. The predicted octanol–water partition coefficient (Wildman–Crippen LogP) is 2.17. The first-order chi connectivity index (χ1) is 14.3. The molecule has 2 fully saturated rings. The average Bonchev–Trinajstić information content (AvgIpc) is 2.69. The predicted molar refractivity (Wildman–Crippen MR) is 111 cm³/mol. The Kier molecular flexibility index (Phi) is 5.48. The molecule has 10 heteroatoms. The van der Waals surface area contributed by atoms with E-state index in [0.717, 1.165) is 5.56 Å². The van der Waals surface area contributed by atoms with Crippen molar-refractivity contribution in [2.75, 3.05) is 36.4 Å². The molecule has 4 rings (SSSR count). The Hall–Kier alpha value is -2.91. The van der Waals surface area contributed by atoms with E-state index >= 15 is 0 Å². The maximum atomic E-state index is 12.5.